The number of amides is 1. The predicted molar refractivity (Wildman–Crippen MR) is 69.6 cm³/mol. The van der Waals surface area contributed by atoms with E-state index in [1.165, 1.54) is 11.3 Å². The maximum Gasteiger partial charge on any atom is 0.326 e. The van der Waals surface area contributed by atoms with E-state index < -0.39 is 23.9 Å². The topological polar surface area (TPSA) is 116 Å². The molecule has 1 aromatic heterocycles. The molecule has 19 heavy (non-hydrogen) atoms. The molecular weight excluding hydrogens is 272 g/mol. The van der Waals surface area contributed by atoms with Gasteiger partial charge < -0.3 is 20.8 Å². The summed E-state index contributed by atoms with van der Waals surface area (Å²) >= 11 is 1.19. The molecule has 0 aliphatic carbocycles. The fraction of sp³-hybridized carbons (Fsp3) is 0.364. The van der Waals surface area contributed by atoms with Crippen LogP contribution in [0.15, 0.2) is 12.1 Å². The first-order valence-electron chi connectivity index (χ1n) is 5.47. The van der Waals surface area contributed by atoms with Crippen LogP contribution in [0.1, 0.15) is 22.5 Å². The van der Waals surface area contributed by atoms with Crippen molar-refractivity contribution in [1.29, 1.82) is 0 Å². The molecule has 1 amide bonds. The van der Waals surface area contributed by atoms with Crippen LogP contribution in [0.4, 0.5) is 5.00 Å². The molecular formula is C11H14N2O5S. The maximum absolute atomic E-state index is 11.8. The number of carboxylic acids is 2. The van der Waals surface area contributed by atoms with Gasteiger partial charge in [-0.3, -0.25) is 9.59 Å². The number of rotatable bonds is 7. The Hall–Kier alpha value is -2.09. The van der Waals surface area contributed by atoms with Crippen molar-refractivity contribution in [1.82, 2.24) is 5.32 Å². The van der Waals surface area contributed by atoms with Crippen LogP contribution in [-0.2, 0) is 9.59 Å². The van der Waals surface area contributed by atoms with E-state index in [1.807, 2.05) is 0 Å². The van der Waals surface area contributed by atoms with Gasteiger partial charge in [0.15, 0.2) is 0 Å². The second kappa shape index (κ2) is 6.74. The fourth-order valence-corrected chi connectivity index (χ4v) is 2.11. The number of hydrogen-bond acceptors (Lipinski definition) is 5. The van der Waals surface area contributed by atoms with Gasteiger partial charge in [0.05, 0.1) is 9.88 Å². The highest BCUT2D eigenvalue weighted by Crippen LogP contribution is 2.21. The summed E-state index contributed by atoms with van der Waals surface area (Å²) in [6, 6.07) is 2.07. The van der Waals surface area contributed by atoms with Crippen LogP contribution in [0.5, 0.6) is 0 Å². The van der Waals surface area contributed by atoms with Gasteiger partial charge in [-0.05, 0) is 18.6 Å². The zero-order chi connectivity index (χ0) is 14.4. The lowest BCUT2D eigenvalue weighted by Crippen LogP contribution is -2.40. The van der Waals surface area contributed by atoms with Crippen molar-refractivity contribution in [3.05, 3.63) is 17.0 Å². The second-order valence-electron chi connectivity index (χ2n) is 3.71. The smallest absolute Gasteiger partial charge is 0.326 e. The van der Waals surface area contributed by atoms with Crippen LogP contribution in [0.2, 0.25) is 0 Å². The minimum absolute atomic E-state index is 0.152. The van der Waals surface area contributed by atoms with Gasteiger partial charge in [-0.15, -0.1) is 11.3 Å². The molecule has 104 valence electrons. The third-order valence-electron chi connectivity index (χ3n) is 2.33. The van der Waals surface area contributed by atoms with E-state index in [1.54, 1.807) is 19.2 Å². The Morgan fingerprint density at radius 3 is 2.47 bits per heavy atom. The lowest BCUT2D eigenvalue weighted by Gasteiger charge is -2.12. The molecule has 0 aliphatic heterocycles. The number of hydrogen-bond donors (Lipinski definition) is 4. The van der Waals surface area contributed by atoms with E-state index in [0.717, 1.165) is 5.00 Å². The van der Waals surface area contributed by atoms with Crippen LogP contribution in [-0.4, -0.2) is 41.1 Å². The zero-order valence-corrected chi connectivity index (χ0v) is 11.0. The third kappa shape index (κ3) is 4.59. The highest BCUT2D eigenvalue weighted by Gasteiger charge is 2.22. The summed E-state index contributed by atoms with van der Waals surface area (Å²) in [4.78, 5) is 33.5. The molecule has 1 atom stereocenters. The summed E-state index contributed by atoms with van der Waals surface area (Å²) in [5.74, 6) is -2.88. The first-order chi connectivity index (χ1) is 8.93. The van der Waals surface area contributed by atoms with Crippen molar-refractivity contribution >= 4 is 34.2 Å². The minimum atomic E-state index is -1.25. The molecule has 1 heterocycles. The highest BCUT2D eigenvalue weighted by atomic mass is 32.1. The van der Waals surface area contributed by atoms with Gasteiger partial charge in [-0.25, -0.2) is 4.79 Å². The highest BCUT2D eigenvalue weighted by molar-refractivity contribution is 7.17. The van der Waals surface area contributed by atoms with E-state index in [0.29, 0.717) is 4.88 Å². The van der Waals surface area contributed by atoms with Gasteiger partial charge in [-0.2, -0.15) is 0 Å². The first kappa shape index (κ1) is 15.0. The van der Waals surface area contributed by atoms with E-state index >= 15 is 0 Å². The van der Waals surface area contributed by atoms with Crippen molar-refractivity contribution in [2.24, 2.45) is 0 Å². The molecule has 0 aliphatic rings. The molecule has 0 saturated carbocycles. The lowest BCUT2D eigenvalue weighted by molar-refractivity contribution is -0.140. The van der Waals surface area contributed by atoms with Crippen LogP contribution < -0.4 is 10.6 Å². The number of thiophene rings is 1. The van der Waals surface area contributed by atoms with Gasteiger partial charge in [0.25, 0.3) is 5.91 Å². The molecule has 1 unspecified atom stereocenters. The summed E-state index contributed by atoms with van der Waals surface area (Å²) in [6.45, 7) is 0. The van der Waals surface area contributed by atoms with Crippen LogP contribution >= 0.6 is 11.3 Å². The number of carbonyl (C=O) groups excluding carboxylic acids is 1. The van der Waals surface area contributed by atoms with Crippen molar-refractivity contribution in [2.75, 3.05) is 12.4 Å². The summed E-state index contributed by atoms with van der Waals surface area (Å²) in [6.07, 6.45) is -0.468. The molecule has 0 aromatic carbocycles. The Bertz CT molecular complexity index is 485. The zero-order valence-electron chi connectivity index (χ0n) is 10.2. The SMILES string of the molecule is CNc1ccc(C(=O)NC(CCC(=O)O)C(=O)O)s1. The Kier molecular flexibility index (Phi) is 5.31. The summed E-state index contributed by atoms with van der Waals surface area (Å²) in [5.41, 5.74) is 0. The first-order valence-corrected chi connectivity index (χ1v) is 6.28. The standard InChI is InChI=1S/C11H14N2O5S/c1-12-8-4-3-7(19-8)10(16)13-6(11(17)18)2-5-9(14)15/h3-4,6,12H,2,5H2,1H3,(H,13,16)(H,14,15)(H,17,18). The van der Waals surface area contributed by atoms with Crippen molar-refractivity contribution < 1.29 is 24.6 Å². The van der Waals surface area contributed by atoms with Gasteiger partial charge in [0, 0.05) is 13.5 Å². The molecule has 0 saturated heterocycles. The number of carbonyl (C=O) groups is 3. The molecule has 0 radical (unpaired) electrons. The molecule has 1 rings (SSSR count). The Morgan fingerprint density at radius 1 is 1.32 bits per heavy atom. The maximum atomic E-state index is 11.8. The largest absolute Gasteiger partial charge is 0.481 e. The molecule has 0 bridgehead atoms. The van der Waals surface area contributed by atoms with Crippen molar-refractivity contribution in [3.63, 3.8) is 0 Å². The minimum Gasteiger partial charge on any atom is -0.481 e. The molecule has 0 fully saturated rings. The Morgan fingerprint density at radius 2 is 2.00 bits per heavy atom. The fourth-order valence-electron chi connectivity index (χ4n) is 1.35. The third-order valence-corrected chi connectivity index (χ3v) is 3.43. The monoisotopic (exact) mass is 286 g/mol. The van der Waals surface area contributed by atoms with E-state index in [4.69, 9.17) is 10.2 Å². The molecule has 7 nitrogen and oxygen atoms in total. The van der Waals surface area contributed by atoms with Gasteiger partial charge >= 0.3 is 11.9 Å². The van der Waals surface area contributed by atoms with Crippen LogP contribution in [0.25, 0.3) is 0 Å². The van der Waals surface area contributed by atoms with E-state index in [2.05, 4.69) is 10.6 Å². The van der Waals surface area contributed by atoms with E-state index in [9.17, 15) is 14.4 Å². The second-order valence-corrected chi connectivity index (χ2v) is 4.79. The summed E-state index contributed by atoms with van der Waals surface area (Å²) in [5, 5.41) is 23.4. The number of anilines is 1. The molecule has 4 N–H and O–H groups in total. The van der Waals surface area contributed by atoms with Crippen LogP contribution in [0.3, 0.4) is 0 Å². The van der Waals surface area contributed by atoms with Crippen molar-refractivity contribution in [3.8, 4) is 0 Å². The number of aliphatic carboxylic acids is 2. The van der Waals surface area contributed by atoms with E-state index in [-0.39, 0.29) is 12.8 Å². The lowest BCUT2D eigenvalue weighted by atomic mass is 10.1. The average molecular weight is 286 g/mol. The van der Waals surface area contributed by atoms with Gasteiger partial charge in [-0.1, -0.05) is 0 Å². The summed E-state index contributed by atoms with van der Waals surface area (Å²) < 4.78 is 0. The Labute approximate surface area is 113 Å². The van der Waals surface area contributed by atoms with Crippen LogP contribution in [0, 0.1) is 0 Å². The molecule has 8 heteroatoms. The predicted octanol–water partition coefficient (Wildman–Crippen LogP) is 0.838. The number of carboxylic acid groups (broad SMARTS) is 2. The molecule has 1 aromatic rings. The average Bonchev–Trinajstić information content (AvgIpc) is 2.82. The normalized spacial score (nSPS) is 11.6. The number of nitrogens with one attached hydrogen (secondary N) is 2. The Balaban J connectivity index is 2.65. The quantitative estimate of drug-likeness (QED) is 0.590. The molecule has 0 spiro atoms. The van der Waals surface area contributed by atoms with Gasteiger partial charge in [0.2, 0.25) is 0 Å². The summed E-state index contributed by atoms with van der Waals surface area (Å²) in [7, 11) is 1.71. The van der Waals surface area contributed by atoms with Gasteiger partial charge in [0.1, 0.15) is 6.04 Å². The van der Waals surface area contributed by atoms with Crippen molar-refractivity contribution in [2.45, 2.75) is 18.9 Å².